The molecule has 0 amide bonds. The molecular formula is C25H27ClO6. The van der Waals surface area contributed by atoms with Crippen LogP contribution in [0, 0.1) is 17.8 Å². The summed E-state index contributed by atoms with van der Waals surface area (Å²) < 4.78 is 11.3. The van der Waals surface area contributed by atoms with E-state index in [9.17, 15) is 20.4 Å². The third-order valence-corrected chi connectivity index (χ3v) is 6.17. The van der Waals surface area contributed by atoms with Gasteiger partial charge in [-0.1, -0.05) is 47.7 Å². The van der Waals surface area contributed by atoms with Crippen LogP contribution in [0.2, 0.25) is 5.02 Å². The first-order valence-corrected chi connectivity index (χ1v) is 11.1. The van der Waals surface area contributed by atoms with E-state index in [4.69, 9.17) is 21.1 Å². The predicted molar refractivity (Wildman–Crippen MR) is 119 cm³/mol. The second-order valence-corrected chi connectivity index (χ2v) is 8.71. The maximum absolute atomic E-state index is 10.4. The Morgan fingerprint density at radius 1 is 1.00 bits per heavy atom. The van der Waals surface area contributed by atoms with Gasteiger partial charge < -0.3 is 29.9 Å². The number of hydrogen-bond donors (Lipinski definition) is 4. The van der Waals surface area contributed by atoms with E-state index in [2.05, 4.69) is 11.8 Å². The Morgan fingerprint density at radius 2 is 1.75 bits per heavy atom. The monoisotopic (exact) mass is 458 g/mol. The first kappa shape index (κ1) is 23.1. The van der Waals surface area contributed by atoms with Crippen molar-refractivity contribution in [3.8, 4) is 17.6 Å². The van der Waals surface area contributed by atoms with Gasteiger partial charge in [0.05, 0.1) is 6.61 Å². The van der Waals surface area contributed by atoms with Crippen LogP contribution in [0.1, 0.15) is 35.6 Å². The van der Waals surface area contributed by atoms with Crippen LogP contribution in [0.5, 0.6) is 5.75 Å². The van der Waals surface area contributed by atoms with Gasteiger partial charge in [0.15, 0.2) is 0 Å². The Hall–Kier alpha value is -2.11. The fourth-order valence-corrected chi connectivity index (χ4v) is 3.93. The molecule has 0 radical (unpaired) electrons. The zero-order valence-corrected chi connectivity index (χ0v) is 18.3. The fourth-order valence-electron chi connectivity index (χ4n) is 3.74. The number of halogens is 1. The summed E-state index contributed by atoms with van der Waals surface area (Å²) in [7, 11) is 0. The summed E-state index contributed by atoms with van der Waals surface area (Å²) in [5, 5.41) is 40.5. The predicted octanol–water partition coefficient (Wildman–Crippen LogP) is 2.24. The number of aliphatic hydroxyl groups excluding tert-OH is 4. The van der Waals surface area contributed by atoms with E-state index in [1.165, 1.54) is 12.8 Å². The van der Waals surface area contributed by atoms with Crippen LogP contribution in [0.3, 0.4) is 0 Å². The molecule has 32 heavy (non-hydrogen) atoms. The van der Waals surface area contributed by atoms with Crippen molar-refractivity contribution < 1.29 is 29.9 Å². The molecule has 1 saturated carbocycles. The lowest BCUT2D eigenvalue weighted by atomic mass is 9.90. The average molecular weight is 459 g/mol. The van der Waals surface area contributed by atoms with Gasteiger partial charge in [0.1, 0.15) is 42.9 Å². The zero-order valence-electron chi connectivity index (χ0n) is 17.5. The largest absolute Gasteiger partial charge is 0.481 e. The molecule has 0 bridgehead atoms. The SMILES string of the molecule is OC[C@H]1O[C@H](c2ccc(Cl)c(Cc3ccc(OCC#CC4CC4)cc3)c2)[C@H](O)[C@@H](O)[C@@H]1O. The molecule has 4 N–H and O–H groups in total. The van der Waals surface area contributed by atoms with Crippen LogP contribution >= 0.6 is 11.6 Å². The molecule has 2 aliphatic rings. The average Bonchev–Trinajstić information content (AvgIpc) is 3.63. The van der Waals surface area contributed by atoms with Crippen molar-refractivity contribution in [3.05, 3.63) is 64.2 Å². The van der Waals surface area contributed by atoms with E-state index in [-0.39, 0.29) is 0 Å². The minimum Gasteiger partial charge on any atom is -0.481 e. The number of benzene rings is 2. The van der Waals surface area contributed by atoms with Gasteiger partial charge in [-0.3, -0.25) is 0 Å². The molecule has 2 fully saturated rings. The molecule has 2 aromatic carbocycles. The molecule has 1 heterocycles. The summed E-state index contributed by atoms with van der Waals surface area (Å²) in [5.74, 6) is 7.51. The molecule has 2 aromatic rings. The van der Waals surface area contributed by atoms with Crippen molar-refractivity contribution in [2.24, 2.45) is 5.92 Å². The number of ether oxygens (including phenoxy) is 2. The van der Waals surface area contributed by atoms with Crippen molar-refractivity contribution in [3.63, 3.8) is 0 Å². The van der Waals surface area contributed by atoms with Gasteiger partial charge in [-0.25, -0.2) is 0 Å². The highest BCUT2D eigenvalue weighted by Gasteiger charge is 2.44. The van der Waals surface area contributed by atoms with E-state index >= 15 is 0 Å². The topological polar surface area (TPSA) is 99.4 Å². The van der Waals surface area contributed by atoms with Crippen LogP contribution in [0.25, 0.3) is 0 Å². The van der Waals surface area contributed by atoms with E-state index in [1.54, 1.807) is 12.1 Å². The summed E-state index contributed by atoms with van der Waals surface area (Å²) in [6.07, 6.45) is -3.06. The summed E-state index contributed by atoms with van der Waals surface area (Å²) in [6, 6.07) is 12.9. The van der Waals surface area contributed by atoms with Gasteiger partial charge in [-0.2, -0.15) is 0 Å². The Balaban J connectivity index is 1.44. The highest BCUT2D eigenvalue weighted by Crippen LogP contribution is 2.34. The molecule has 0 unspecified atom stereocenters. The van der Waals surface area contributed by atoms with Crippen molar-refractivity contribution in [2.75, 3.05) is 13.2 Å². The zero-order chi connectivity index (χ0) is 22.7. The smallest absolute Gasteiger partial charge is 0.149 e. The molecule has 6 nitrogen and oxygen atoms in total. The van der Waals surface area contributed by atoms with Gasteiger partial charge in [0, 0.05) is 10.9 Å². The minimum atomic E-state index is -1.42. The Morgan fingerprint density at radius 3 is 2.44 bits per heavy atom. The second kappa shape index (κ2) is 10.2. The van der Waals surface area contributed by atoms with Crippen LogP contribution in [0.15, 0.2) is 42.5 Å². The van der Waals surface area contributed by atoms with Crippen LogP contribution in [-0.4, -0.2) is 58.1 Å². The Labute approximate surface area is 192 Å². The second-order valence-electron chi connectivity index (χ2n) is 8.31. The van der Waals surface area contributed by atoms with E-state index in [0.717, 1.165) is 16.9 Å². The molecule has 0 aromatic heterocycles. The van der Waals surface area contributed by atoms with Crippen LogP contribution in [0.4, 0.5) is 0 Å². The van der Waals surface area contributed by atoms with Crippen LogP contribution in [-0.2, 0) is 11.2 Å². The number of rotatable bonds is 6. The highest BCUT2D eigenvalue weighted by molar-refractivity contribution is 6.31. The number of hydrogen-bond acceptors (Lipinski definition) is 6. The van der Waals surface area contributed by atoms with Crippen LogP contribution < -0.4 is 4.74 Å². The molecule has 4 rings (SSSR count). The van der Waals surface area contributed by atoms with E-state index in [0.29, 0.717) is 29.5 Å². The normalized spacial score (nSPS) is 27.5. The quantitative estimate of drug-likeness (QED) is 0.495. The molecular weight excluding hydrogens is 432 g/mol. The lowest BCUT2D eigenvalue weighted by Crippen LogP contribution is -2.55. The summed E-state index contributed by atoms with van der Waals surface area (Å²) in [4.78, 5) is 0. The first-order valence-electron chi connectivity index (χ1n) is 10.7. The van der Waals surface area contributed by atoms with Gasteiger partial charge in [-0.15, -0.1) is 0 Å². The van der Waals surface area contributed by atoms with Crippen molar-refractivity contribution in [2.45, 2.75) is 49.8 Å². The van der Waals surface area contributed by atoms with Crippen molar-refractivity contribution >= 4 is 11.6 Å². The summed E-state index contributed by atoms with van der Waals surface area (Å²) >= 11 is 6.40. The lowest BCUT2D eigenvalue weighted by Gasteiger charge is -2.40. The standard InChI is InChI=1S/C25H27ClO6/c26-20-10-7-17(25-24(30)23(29)22(28)21(14-27)32-25)13-18(20)12-16-5-8-19(9-6-16)31-11-1-2-15-3-4-15/h5-10,13,15,21-25,27-30H,3-4,11-12,14H2/t21-,22-,23+,24-,25-/m1/s1. The van der Waals surface area contributed by atoms with E-state index < -0.39 is 37.1 Å². The number of aliphatic hydroxyl groups is 4. The third kappa shape index (κ3) is 5.44. The van der Waals surface area contributed by atoms with Crippen molar-refractivity contribution in [1.29, 1.82) is 0 Å². The molecule has 1 aliphatic heterocycles. The van der Waals surface area contributed by atoms with Gasteiger partial charge in [0.25, 0.3) is 0 Å². The molecule has 1 aliphatic carbocycles. The van der Waals surface area contributed by atoms with Gasteiger partial charge >= 0.3 is 0 Å². The molecule has 1 saturated heterocycles. The summed E-state index contributed by atoms with van der Waals surface area (Å²) in [6.45, 7) is -0.0920. The highest BCUT2D eigenvalue weighted by atomic mass is 35.5. The minimum absolute atomic E-state index is 0.378. The maximum atomic E-state index is 10.4. The Kier molecular flexibility index (Phi) is 7.37. The molecule has 170 valence electrons. The third-order valence-electron chi connectivity index (χ3n) is 5.80. The fraction of sp³-hybridized carbons (Fsp3) is 0.440. The molecule has 0 spiro atoms. The lowest BCUT2D eigenvalue weighted by molar-refractivity contribution is -0.231. The van der Waals surface area contributed by atoms with Gasteiger partial charge in [-0.05, 0) is 54.2 Å². The van der Waals surface area contributed by atoms with Gasteiger partial charge in [0.2, 0.25) is 0 Å². The molecule has 7 heteroatoms. The molecule has 5 atom stereocenters. The summed E-state index contributed by atoms with van der Waals surface area (Å²) in [5.41, 5.74) is 2.45. The van der Waals surface area contributed by atoms with Crippen molar-refractivity contribution in [1.82, 2.24) is 0 Å². The van der Waals surface area contributed by atoms with E-state index in [1.807, 2.05) is 30.3 Å². The first-order chi connectivity index (χ1) is 15.5. The maximum Gasteiger partial charge on any atom is 0.149 e. The Bertz CT molecular complexity index is 976.